The van der Waals surface area contributed by atoms with Crippen LogP contribution >= 0.6 is 23.2 Å². The number of ether oxygens (including phenoxy) is 2. The number of halogens is 2. The molecule has 0 atom stereocenters. The Labute approximate surface area is 166 Å². The molecule has 1 aliphatic heterocycles. The van der Waals surface area contributed by atoms with E-state index in [2.05, 4.69) is 5.10 Å². The molecule has 1 aromatic heterocycles. The Hall–Kier alpha value is -2.25. The highest BCUT2D eigenvalue weighted by Crippen LogP contribution is 2.28. The lowest BCUT2D eigenvalue weighted by atomic mass is 10.0. The number of hydrogen-bond acceptors (Lipinski definition) is 5. The van der Waals surface area contributed by atoms with Gasteiger partial charge in [0.15, 0.2) is 12.3 Å². The number of carbonyl (C=O) groups is 2. The zero-order valence-electron chi connectivity index (χ0n) is 15.0. The minimum atomic E-state index is -0.479. The zero-order chi connectivity index (χ0) is 19.6. The third kappa shape index (κ3) is 4.20. The van der Waals surface area contributed by atoms with Crippen molar-refractivity contribution in [1.82, 2.24) is 14.7 Å². The summed E-state index contributed by atoms with van der Waals surface area (Å²) in [6.45, 7) is 2.65. The topological polar surface area (TPSA) is 73.7 Å². The maximum atomic E-state index is 12.6. The molecule has 7 nitrogen and oxygen atoms in total. The molecule has 1 aromatic carbocycles. The summed E-state index contributed by atoms with van der Waals surface area (Å²) < 4.78 is 12.3. The molecule has 1 amide bonds. The predicted molar refractivity (Wildman–Crippen MR) is 100 cm³/mol. The molecule has 0 bridgehead atoms. The molecule has 1 aliphatic rings. The molecule has 0 aliphatic carbocycles. The van der Waals surface area contributed by atoms with E-state index in [0.717, 1.165) is 11.3 Å². The first-order valence-electron chi connectivity index (χ1n) is 8.48. The first-order chi connectivity index (χ1) is 12.9. The van der Waals surface area contributed by atoms with Gasteiger partial charge in [0, 0.05) is 36.3 Å². The van der Waals surface area contributed by atoms with E-state index in [4.69, 9.17) is 32.7 Å². The van der Waals surface area contributed by atoms with Gasteiger partial charge in [0.1, 0.15) is 5.75 Å². The summed E-state index contributed by atoms with van der Waals surface area (Å²) in [7, 11) is 1.78. The standard InChI is InChI=1S/C18H19Cl2N3O4/c1-3-26-18(25)17-12-9-23(7-6-14(12)22(2)21-17)16(24)10-27-15-5-4-11(19)8-13(15)20/h4-5,8H,3,6-7,9-10H2,1-2H3. The lowest BCUT2D eigenvalue weighted by Crippen LogP contribution is -2.39. The highest BCUT2D eigenvalue weighted by Gasteiger charge is 2.30. The monoisotopic (exact) mass is 411 g/mol. The van der Waals surface area contributed by atoms with E-state index in [9.17, 15) is 9.59 Å². The number of benzene rings is 1. The fourth-order valence-corrected chi connectivity index (χ4v) is 3.45. The van der Waals surface area contributed by atoms with Crippen LogP contribution in [0.3, 0.4) is 0 Å². The van der Waals surface area contributed by atoms with Gasteiger partial charge >= 0.3 is 5.97 Å². The fourth-order valence-electron chi connectivity index (χ4n) is 2.99. The Bertz CT molecular complexity index is 882. The van der Waals surface area contributed by atoms with E-state index in [0.29, 0.717) is 28.8 Å². The molecular formula is C18H19Cl2N3O4. The SMILES string of the molecule is CCOC(=O)c1nn(C)c2c1CN(C(=O)COc1ccc(Cl)cc1Cl)CC2. The molecule has 2 heterocycles. The summed E-state index contributed by atoms with van der Waals surface area (Å²) in [4.78, 5) is 26.3. The van der Waals surface area contributed by atoms with Crippen molar-refractivity contribution < 1.29 is 19.1 Å². The summed E-state index contributed by atoms with van der Waals surface area (Å²) in [5.74, 6) is -0.293. The Morgan fingerprint density at radius 2 is 2.07 bits per heavy atom. The van der Waals surface area contributed by atoms with Crippen molar-refractivity contribution >= 4 is 35.1 Å². The van der Waals surface area contributed by atoms with Crippen LogP contribution in [-0.4, -0.2) is 46.3 Å². The normalized spacial score (nSPS) is 13.3. The van der Waals surface area contributed by atoms with Crippen molar-refractivity contribution in [2.75, 3.05) is 19.8 Å². The van der Waals surface area contributed by atoms with Gasteiger partial charge in [-0.3, -0.25) is 9.48 Å². The van der Waals surface area contributed by atoms with Crippen LogP contribution in [0.25, 0.3) is 0 Å². The Kier molecular flexibility index (Phi) is 5.92. The number of amides is 1. The van der Waals surface area contributed by atoms with Crippen LogP contribution in [0, 0.1) is 0 Å². The second-order valence-electron chi connectivity index (χ2n) is 6.05. The zero-order valence-corrected chi connectivity index (χ0v) is 16.5. The van der Waals surface area contributed by atoms with E-state index in [-0.39, 0.29) is 31.4 Å². The maximum Gasteiger partial charge on any atom is 0.359 e. The number of hydrogen-bond donors (Lipinski definition) is 0. The van der Waals surface area contributed by atoms with Crippen LogP contribution in [0.15, 0.2) is 18.2 Å². The molecule has 0 unspecified atom stereocenters. The van der Waals surface area contributed by atoms with Crippen molar-refractivity contribution in [1.29, 1.82) is 0 Å². The molecular weight excluding hydrogens is 393 g/mol. The minimum Gasteiger partial charge on any atom is -0.482 e. The number of aryl methyl sites for hydroxylation is 1. The average Bonchev–Trinajstić information content (AvgIpc) is 2.97. The van der Waals surface area contributed by atoms with Crippen LogP contribution in [0.4, 0.5) is 0 Å². The van der Waals surface area contributed by atoms with Gasteiger partial charge in [0.05, 0.1) is 18.2 Å². The smallest absolute Gasteiger partial charge is 0.359 e. The molecule has 0 spiro atoms. The van der Waals surface area contributed by atoms with Crippen LogP contribution in [0.1, 0.15) is 28.7 Å². The molecule has 0 N–H and O–H groups in total. The van der Waals surface area contributed by atoms with Gasteiger partial charge in [0.25, 0.3) is 5.91 Å². The summed E-state index contributed by atoms with van der Waals surface area (Å²) in [5, 5.41) is 5.09. The van der Waals surface area contributed by atoms with E-state index >= 15 is 0 Å². The molecule has 27 heavy (non-hydrogen) atoms. The number of fused-ring (bicyclic) bond motifs is 1. The molecule has 2 aromatic rings. The van der Waals surface area contributed by atoms with Crippen LogP contribution in [-0.2, 0) is 29.5 Å². The Morgan fingerprint density at radius 3 is 2.78 bits per heavy atom. The van der Waals surface area contributed by atoms with Crippen molar-refractivity contribution in [2.24, 2.45) is 7.05 Å². The number of nitrogens with zero attached hydrogens (tertiary/aromatic N) is 3. The molecule has 144 valence electrons. The summed E-state index contributed by atoms with van der Waals surface area (Å²) in [6.07, 6.45) is 0.603. The largest absolute Gasteiger partial charge is 0.482 e. The third-order valence-electron chi connectivity index (χ3n) is 4.31. The molecule has 0 saturated heterocycles. The lowest BCUT2D eigenvalue weighted by molar-refractivity contribution is -0.134. The van der Waals surface area contributed by atoms with Gasteiger partial charge in [0.2, 0.25) is 0 Å². The number of esters is 1. The number of carbonyl (C=O) groups excluding carboxylic acids is 2. The fraction of sp³-hybridized carbons (Fsp3) is 0.389. The second kappa shape index (κ2) is 8.19. The quantitative estimate of drug-likeness (QED) is 0.707. The second-order valence-corrected chi connectivity index (χ2v) is 6.89. The average molecular weight is 412 g/mol. The molecule has 3 rings (SSSR count). The Balaban J connectivity index is 1.69. The van der Waals surface area contributed by atoms with Gasteiger partial charge in [-0.05, 0) is 25.1 Å². The summed E-state index contributed by atoms with van der Waals surface area (Å²) >= 11 is 11.9. The maximum absolute atomic E-state index is 12.6. The third-order valence-corrected chi connectivity index (χ3v) is 4.84. The van der Waals surface area contributed by atoms with Gasteiger partial charge in [-0.1, -0.05) is 23.2 Å². The molecule has 0 radical (unpaired) electrons. The minimum absolute atomic E-state index is 0.161. The highest BCUT2D eigenvalue weighted by molar-refractivity contribution is 6.35. The molecule has 9 heteroatoms. The van der Waals surface area contributed by atoms with Crippen molar-refractivity contribution in [3.8, 4) is 5.75 Å². The highest BCUT2D eigenvalue weighted by atomic mass is 35.5. The van der Waals surface area contributed by atoms with Crippen LogP contribution in [0.5, 0.6) is 5.75 Å². The summed E-state index contributed by atoms with van der Waals surface area (Å²) in [5.41, 5.74) is 1.91. The first kappa shape index (κ1) is 19.5. The van der Waals surface area contributed by atoms with E-state index < -0.39 is 5.97 Å². The molecule has 0 fully saturated rings. The van der Waals surface area contributed by atoms with E-state index in [1.54, 1.807) is 41.8 Å². The summed E-state index contributed by atoms with van der Waals surface area (Å²) in [6, 6.07) is 4.81. The predicted octanol–water partition coefficient (Wildman–Crippen LogP) is 2.87. The van der Waals surface area contributed by atoms with Crippen molar-refractivity contribution in [3.05, 3.63) is 45.2 Å². The van der Waals surface area contributed by atoms with Gasteiger partial charge in [-0.25, -0.2) is 4.79 Å². The van der Waals surface area contributed by atoms with Crippen molar-refractivity contribution in [3.63, 3.8) is 0 Å². The first-order valence-corrected chi connectivity index (χ1v) is 9.23. The molecule has 0 saturated carbocycles. The van der Waals surface area contributed by atoms with Crippen LogP contribution in [0.2, 0.25) is 10.0 Å². The lowest BCUT2D eigenvalue weighted by Gasteiger charge is -2.27. The van der Waals surface area contributed by atoms with E-state index in [1.807, 2.05) is 0 Å². The number of aromatic nitrogens is 2. The number of rotatable bonds is 5. The van der Waals surface area contributed by atoms with Gasteiger partial charge in [-0.2, -0.15) is 5.10 Å². The van der Waals surface area contributed by atoms with Gasteiger partial charge in [-0.15, -0.1) is 0 Å². The van der Waals surface area contributed by atoms with Crippen LogP contribution < -0.4 is 4.74 Å². The van der Waals surface area contributed by atoms with E-state index in [1.165, 1.54) is 0 Å². The van der Waals surface area contributed by atoms with Crippen molar-refractivity contribution in [2.45, 2.75) is 19.9 Å². The Morgan fingerprint density at radius 1 is 1.30 bits per heavy atom. The van der Waals surface area contributed by atoms with Gasteiger partial charge < -0.3 is 14.4 Å².